The van der Waals surface area contributed by atoms with E-state index in [2.05, 4.69) is 0 Å². The Morgan fingerprint density at radius 3 is 2.23 bits per heavy atom. The molecule has 1 aromatic carbocycles. The van der Waals surface area contributed by atoms with Gasteiger partial charge in [0.2, 0.25) is 19.7 Å². The van der Waals surface area contributed by atoms with E-state index in [1.165, 1.54) is 24.3 Å². The molecule has 9 heteroatoms. The van der Waals surface area contributed by atoms with Crippen LogP contribution in [0, 0.1) is 0 Å². The zero-order chi connectivity index (χ0) is 16.1. The molecule has 1 saturated heterocycles. The molecule has 1 fully saturated rings. The van der Waals surface area contributed by atoms with Crippen molar-refractivity contribution in [1.29, 1.82) is 0 Å². The molecule has 0 radical (unpaired) electrons. The molecule has 0 saturated carbocycles. The molecule has 0 amide bonds. The van der Waals surface area contributed by atoms with Gasteiger partial charge in [0.25, 0.3) is 4.77 Å². The first-order chi connectivity index (χ1) is 10.3. The normalized spacial score (nSPS) is 32.9. The van der Waals surface area contributed by atoms with Crippen LogP contribution in [0.4, 0.5) is 0 Å². The number of hydrogen-bond acceptors (Lipinski definition) is 7. The van der Waals surface area contributed by atoms with Gasteiger partial charge in [0.1, 0.15) is 6.10 Å². The predicted octanol–water partition coefficient (Wildman–Crippen LogP) is 0.0861. The van der Waals surface area contributed by atoms with Gasteiger partial charge >= 0.3 is 0 Å². The maximum absolute atomic E-state index is 12.5. The summed E-state index contributed by atoms with van der Waals surface area (Å²) in [6, 6.07) is 5.43. The van der Waals surface area contributed by atoms with Crippen molar-refractivity contribution in [2.24, 2.45) is 0 Å². The van der Waals surface area contributed by atoms with Crippen LogP contribution in [0.15, 0.2) is 34.1 Å². The number of fused-ring (bicyclic) bond motifs is 1. The molecule has 1 aromatic rings. The van der Waals surface area contributed by atoms with Crippen LogP contribution in [0.3, 0.4) is 0 Å². The van der Waals surface area contributed by atoms with Crippen LogP contribution in [0.25, 0.3) is 0 Å². The Hall–Kier alpha value is -1.00. The van der Waals surface area contributed by atoms with E-state index in [1.807, 2.05) is 0 Å². The number of ether oxygens (including phenoxy) is 2. The molecule has 1 N–H and O–H groups in total. The van der Waals surface area contributed by atoms with Crippen molar-refractivity contribution in [2.75, 3.05) is 6.61 Å². The highest BCUT2D eigenvalue weighted by atomic mass is 32.3. The molecule has 2 aliphatic heterocycles. The summed E-state index contributed by atoms with van der Waals surface area (Å²) in [5.41, 5.74) is 0. The first-order valence-corrected chi connectivity index (χ1v) is 9.86. The number of benzene rings is 1. The lowest BCUT2D eigenvalue weighted by Crippen LogP contribution is -2.36. The van der Waals surface area contributed by atoms with Crippen molar-refractivity contribution >= 4 is 19.7 Å². The highest BCUT2D eigenvalue weighted by Gasteiger charge is 2.52. The average molecular weight is 348 g/mol. The van der Waals surface area contributed by atoms with Gasteiger partial charge in [-0.1, -0.05) is 12.1 Å². The van der Waals surface area contributed by atoms with Crippen molar-refractivity contribution < 1.29 is 31.4 Å². The quantitative estimate of drug-likeness (QED) is 0.824. The van der Waals surface area contributed by atoms with Crippen LogP contribution in [-0.4, -0.2) is 51.6 Å². The van der Waals surface area contributed by atoms with Gasteiger partial charge in [-0.2, -0.15) is 0 Å². The van der Waals surface area contributed by atoms with E-state index in [9.17, 15) is 21.9 Å². The van der Waals surface area contributed by atoms with E-state index >= 15 is 0 Å². The summed E-state index contributed by atoms with van der Waals surface area (Å²) in [5.74, 6) is 0. The fourth-order valence-electron chi connectivity index (χ4n) is 2.81. The highest BCUT2D eigenvalue weighted by molar-refractivity contribution is 8.11. The molecule has 2 aliphatic rings. The lowest BCUT2D eigenvalue weighted by Gasteiger charge is -2.20. The molecule has 0 aromatic heterocycles. The van der Waals surface area contributed by atoms with Gasteiger partial charge in [0, 0.05) is 6.42 Å². The smallest absolute Gasteiger partial charge is 0.270 e. The minimum atomic E-state index is -4.14. The predicted molar refractivity (Wildman–Crippen MR) is 75.5 cm³/mol. The average Bonchev–Trinajstić information content (AvgIpc) is 2.90. The molecule has 1 unspecified atom stereocenters. The second-order valence-corrected chi connectivity index (χ2v) is 9.62. The maximum atomic E-state index is 12.5. The number of sulfone groups is 2. The summed E-state index contributed by atoms with van der Waals surface area (Å²) in [6.07, 6.45) is -1.44. The molecule has 3 rings (SSSR count). The Labute approximate surface area is 128 Å². The third kappa shape index (κ3) is 2.28. The van der Waals surface area contributed by atoms with Gasteiger partial charge in [0.15, 0.2) is 0 Å². The number of rotatable bonds is 3. The summed E-state index contributed by atoms with van der Waals surface area (Å²) in [6.45, 7) is 1.38. The molecular weight excluding hydrogens is 332 g/mol. The summed E-state index contributed by atoms with van der Waals surface area (Å²) >= 11 is 0. The minimum Gasteiger partial charge on any atom is -0.394 e. The van der Waals surface area contributed by atoms with Crippen LogP contribution in [-0.2, 0) is 29.1 Å². The van der Waals surface area contributed by atoms with E-state index in [0.717, 1.165) is 0 Å². The van der Waals surface area contributed by atoms with Crippen molar-refractivity contribution in [3.05, 3.63) is 24.3 Å². The van der Waals surface area contributed by atoms with Gasteiger partial charge < -0.3 is 14.6 Å². The molecule has 22 heavy (non-hydrogen) atoms. The van der Waals surface area contributed by atoms with E-state index in [0.29, 0.717) is 6.42 Å². The molecule has 0 aliphatic carbocycles. The number of aliphatic hydroxyl groups is 1. The van der Waals surface area contributed by atoms with Crippen LogP contribution in [0.2, 0.25) is 0 Å². The van der Waals surface area contributed by atoms with Crippen molar-refractivity contribution in [3.63, 3.8) is 0 Å². The van der Waals surface area contributed by atoms with Gasteiger partial charge in [-0.15, -0.1) is 0 Å². The van der Waals surface area contributed by atoms with Crippen LogP contribution >= 0.6 is 0 Å². The van der Waals surface area contributed by atoms with Crippen LogP contribution in [0.5, 0.6) is 0 Å². The molecular formula is C13H16O7S2. The Morgan fingerprint density at radius 2 is 1.73 bits per heavy atom. The van der Waals surface area contributed by atoms with E-state index < -0.39 is 36.7 Å². The lowest BCUT2D eigenvalue weighted by atomic mass is 10.1. The van der Waals surface area contributed by atoms with Gasteiger partial charge in [-0.25, -0.2) is 16.8 Å². The SMILES string of the molecule is C[C@H]1CC(OC2S(=O)(=O)c3ccccc3S2(=O)=O)[C@@H](CO)O1. The Balaban J connectivity index is 1.99. The Morgan fingerprint density at radius 1 is 1.18 bits per heavy atom. The van der Waals surface area contributed by atoms with Crippen molar-refractivity contribution in [2.45, 2.75) is 46.2 Å². The maximum Gasteiger partial charge on any atom is 0.270 e. The Kier molecular flexibility index (Phi) is 3.81. The largest absolute Gasteiger partial charge is 0.394 e. The van der Waals surface area contributed by atoms with Crippen molar-refractivity contribution in [3.8, 4) is 0 Å². The molecule has 3 atom stereocenters. The molecule has 0 bridgehead atoms. The second-order valence-electron chi connectivity index (χ2n) is 5.40. The van der Waals surface area contributed by atoms with Gasteiger partial charge in [-0.05, 0) is 19.1 Å². The monoisotopic (exact) mass is 348 g/mol. The van der Waals surface area contributed by atoms with E-state index in [1.54, 1.807) is 6.92 Å². The summed E-state index contributed by atoms with van der Waals surface area (Å²) < 4.78 is 58.6. The first-order valence-electron chi connectivity index (χ1n) is 6.77. The summed E-state index contributed by atoms with van der Waals surface area (Å²) in [7, 11) is -8.28. The molecule has 2 heterocycles. The zero-order valence-electron chi connectivity index (χ0n) is 11.7. The minimum absolute atomic E-state index is 0.240. The van der Waals surface area contributed by atoms with Crippen LogP contribution in [0.1, 0.15) is 13.3 Å². The second kappa shape index (κ2) is 5.27. The number of hydrogen-bond donors (Lipinski definition) is 1. The topological polar surface area (TPSA) is 107 Å². The molecule has 7 nitrogen and oxygen atoms in total. The molecule has 0 spiro atoms. The number of aliphatic hydroxyl groups excluding tert-OH is 1. The van der Waals surface area contributed by atoms with E-state index in [-0.39, 0.29) is 22.5 Å². The van der Waals surface area contributed by atoms with E-state index in [4.69, 9.17) is 9.47 Å². The zero-order valence-corrected chi connectivity index (χ0v) is 13.4. The fraction of sp³-hybridized carbons (Fsp3) is 0.538. The summed E-state index contributed by atoms with van der Waals surface area (Å²) in [4.78, 5) is -0.486. The third-order valence-electron chi connectivity index (χ3n) is 3.82. The third-order valence-corrected chi connectivity index (χ3v) is 8.64. The lowest BCUT2D eigenvalue weighted by molar-refractivity contribution is -0.0401. The standard InChI is InChI=1S/C13H16O7S2/c1-8-6-9(10(7-14)19-8)20-13-21(15,16)11-4-2-3-5-12(11)22(13,17)18/h2-5,8-10,13-14H,6-7H2,1H3/t8-,9?,10+/m0/s1. The fourth-order valence-corrected chi connectivity index (χ4v) is 7.69. The summed E-state index contributed by atoms with van der Waals surface area (Å²) in [5, 5.41) is 9.26. The van der Waals surface area contributed by atoms with Gasteiger partial charge in [0.05, 0.1) is 28.6 Å². The Bertz CT molecular complexity index is 731. The van der Waals surface area contributed by atoms with Crippen molar-refractivity contribution in [1.82, 2.24) is 0 Å². The molecule has 122 valence electrons. The highest BCUT2D eigenvalue weighted by Crippen LogP contribution is 2.40. The first kappa shape index (κ1) is 15.9. The van der Waals surface area contributed by atoms with Gasteiger partial charge in [-0.3, -0.25) is 0 Å². The van der Waals surface area contributed by atoms with Crippen LogP contribution < -0.4 is 0 Å².